The lowest BCUT2D eigenvalue weighted by Crippen LogP contribution is -2.34. The van der Waals surface area contributed by atoms with E-state index in [0.717, 1.165) is 40.6 Å². The zero-order valence-corrected chi connectivity index (χ0v) is 15.1. The molecule has 1 N–H and O–H groups in total. The Morgan fingerprint density at radius 1 is 1.27 bits per heavy atom. The molecule has 2 aromatic heterocycles. The number of benzene rings is 1. The normalized spacial score (nSPS) is 14.7. The monoisotopic (exact) mass is 366 g/mol. The molecule has 1 saturated carbocycles. The van der Waals surface area contributed by atoms with E-state index < -0.39 is 5.41 Å². The molecular formula is C19H18N4O2S. The van der Waals surface area contributed by atoms with E-state index in [1.165, 1.54) is 11.3 Å². The molecule has 0 unspecified atom stereocenters. The number of nitrogens with zero attached hydrogens (tertiary/aromatic N) is 3. The first kappa shape index (κ1) is 16.7. The van der Waals surface area contributed by atoms with Crippen molar-refractivity contribution in [3.63, 3.8) is 0 Å². The first-order valence-electron chi connectivity index (χ1n) is 8.35. The molecule has 1 amide bonds. The van der Waals surface area contributed by atoms with Crippen LogP contribution in [0.15, 0.2) is 48.2 Å². The summed E-state index contributed by atoms with van der Waals surface area (Å²) in [4.78, 5) is 25.6. The Labute approximate surface area is 155 Å². The highest BCUT2D eigenvalue weighted by Gasteiger charge is 2.51. The quantitative estimate of drug-likeness (QED) is 0.726. The Hall–Kier alpha value is -2.80. The van der Waals surface area contributed by atoms with Gasteiger partial charge in [0.05, 0.1) is 31.0 Å². The van der Waals surface area contributed by atoms with Gasteiger partial charge in [0.1, 0.15) is 16.5 Å². The second-order valence-corrected chi connectivity index (χ2v) is 7.09. The number of amides is 1. The number of hydrogen-bond donors (Lipinski definition) is 1. The smallest absolute Gasteiger partial charge is 0.230 e. The maximum absolute atomic E-state index is 12.7. The topological polar surface area (TPSA) is 77.0 Å². The van der Waals surface area contributed by atoms with Crippen LogP contribution in [-0.2, 0) is 16.8 Å². The number of carbonyl (C=O) groups is 1. The molecule has 0 bridgehead atoms. The summed E-state index contributed by atoms with van der Waals surface area (Å²) >= 11 is 1.50. The Morgan fingerprint density at radius 3 is 2.73 bits per heavy atom. The summed E-state index contributed by atoms with van der Waals surface area (Å²) in [5, 5.41) is 5.78. The first-order chi connectivity index (χ1) is 12.7. The van der Waals surface area contributed by atoms with Crippen molar-refractivity contribution in [1.82, 2.24) is 20.3 Å². The number of carbonyl (C=O) groups excluding carboxylic acids is 1. The molecule has 1 fully saturated rings. The van der Waals surface area contributed by atoms with Crippen molar-refractivity contribution in [2.45, 2.75) is 24.8 Å². The first-order valence-corrected chi connectivity index (χ1v) is 9.23. The van der Waals surface area contributed by atoms with E-state index >= 15 is 0 Å². The van der Waals surface area contributed by atoms with Crippen molar-refractivity contribution < 1.29 is 9.53 Å². The van der Waals surface area contributed by atoms with E-state index in [1.54, 1.807) is 25.7 Å². The number of methoxy groups -OCH3 is 1. The fraction of sp³-hybridized carbons (Fsp3) is 0.263. The fourth-order valence-electron chi connectivity index (χ4n) is 2.94. The summed E-state index contributed by atoms with van der Waals surface area (Å²) in [7, 11) is 1.64. The maximum Gasteiger partial charge on any atom is 0.230 e. The number of nitrogens with one attached hydrogen (secondary N) is 1. The van der Waals surface area contributed by atoms with Gasteiger partial charge in [-0.15, -0.1) is 11.3 Å². The van der Waals surface area contributed by atoms with Crippen molar-refractivity contribution in [3.8, 4) is 16.5 Å². The Kier molecular flexibility index (Phi) is 4.38. The fourth-order valence-corrected chi connectivity index (χ4v) is 3.72. The zero-order chi connectivity index (χ0) is 18.0. The van der Waals surface area contributed by atoms with Gasteiger partial charge in [-0.3, -0.25) is 14.8 Å². The third-order valence-corrected chi connectivity index (χ3v) is 5.50. The van der Waals surface area contributed by atoms with Gasteiger partial charge in [0.25, 0.3) is 0 Å². The van der Waals surface area contributed by atoms with Gasteiger partial charge in [-0.2, -0.15) is 0 Å². The van der Waals surface area contributed by atoms with Gasteiger partial charge in [-0.25, -0.2) is 4.98 Å². The molecule has 4 rings (SSSR count). The van der Waals surface area contributed by atoms with Crippen LogP contribution < -0.4 is 10.1 Å². The third-order valence-electron chi connectivity index (χ3n) is 4.59. The molecule has 0 atom stereocenters. The zero-order valence-electron chi connectivity index (χ0n) is 14.3. The molecule has 0 saturated heterocycles. The van der Waals surface area contributed by atoms with Crippen LogP contribution in [0.3, 0.4) is 0 Å². The summed E-state index contributed by atoms with van der Waals surface area (Å²) < 4.78 is 5.19. The van der Waals surface area contributed by atoms with E-state index in [0.29, 0.717) is 6.54 Å². The minimum Gasteiger partial charge on any atom is -0.497 e. The average molecular weight is 366 g/mol. The summed E-state index contributed by atoms with van der Waals surface area (Å²) in [5.41, 5.74) is 2.20. The van der Waals surface area contributed by atoms with Crippen LogP contribution in [0.2, 0.25) is 0 Å². The van der Waals surface area contributed by atoms with Gasteiger partial charge >= 0.3 is 0 Å². The molecule has 6 nitrogen and oxygen atoms in total. The van der Waals surface area contributed by atoms with Gasteiger partial charge in [-0.1, -0.05) is 12.1 Å². The van der Waals surface area contributed by atoms with Gasteiger partial charge in [-0.05, 0) is 30.5 Å². The predicted octanol–water partition coefficient (Wildman–Crippen LogP) is 2.96. The average Bonchev–Trinajstić information content (AvgIpc) is 3.38. The van der Waals surface area contributed by atoms with Crippen LogP contribution in [0.5, 0.6) is 5.75 Å². The van der Waals surface area contributed by atoms with Gasteiger partial charge < -0.3 is 10.1 Å². The highest BCUT2D eigenvalue weighted by molar-refractivity contribution is 7.13. The Morgan fingerprint density at radius 2 is 2.08 bits per heavy atom. The molecule has 1 aliphatic rings. The molecule has 0 spiro atoms. The van der Waals surface area contributed by atoms with Gasteiger partial charge in [0, 0.05) is 17.8 Å². The largest absolute Gasteiger partial charge is 0.497 e. The molecule has 3 aromatic rings. The van der Waals surface area contributed by atoms with Crippen LogP contribution in [0, 0.1) is 0 Å². The Bertz CT molecular complexity index is 905. The van der Waals surface area contributed by atoms with E-state index in [2.05, 4.69) is 20.3 Å². The minimum absolute atomic E-state index is 0.0525. The molecule has 7 heteroatoms. The Balaban J connectivity index is 1.42. The lowest BCUT2D eigenvalue weighted by atomic mass is 9.95. The van der Waals surface area contributed by atoms with E-state index in [4.69, 9.17) is 4.74 Å². The van der Waals surface area contributed by atoms with Crippen molar-refractivity contribution in [3.05, 3.63) is 59.5 Å². The van der Waals surface area contributed by atoms with Crippen LogP contribution in [-0.4, -0.2) is 28.0 Å². The molecule has 26 heavy (non-hydrogen) atoms. The van der Waals surface area contributed by atoms with Crippen LogP contribution in [0.4, 0.5) is 0 Å². The minimum atomic E-state index is -0.407. The van der Waals surface area contributed by atoms with E-state index in [-0.39, 0.29) is 5.91 Å². The number of aromatic nitrogens is 3. The SMILES string of the molecule is COc1ccc(C2(C(=O)NCc3csc(-c4cnccn4)n3)CC2)cc1. The standard InChI is InChI=1S/C19H18N4O2S/c1-25-15-4-2-13(3-5-15)19(6-7-19)18(24)22-10-14-12-26-17(23-14)16-11-20-8-9-21-16/h2-5,8-9,11-12H,6-7,10H2,1H3,(H,22,24). The van der Waals surface area contributed by atoms with Crippen LogP contribution in [0.1, 0.15) is 24.1 Å². The molecule has 1 aromatic carbocycles. The number of ether oxygens (including phenoxy) is 1. The van der Waals surface area contributed by atoms with Crippen LogP contribution in [0.25, 0.3) is 10.7 Å². The third kappa shape index (κ3) is 3.17. The van der Waals surface area contributed by atoms with Crippen molar-refractivity contribution in [2.75, 3.05) is 7.11 Å². The van der Waals surface area contributed by atoms with Crippen molar-refractivity contribution >= 4 is 17.2 Å². The van der Waals surface area contributed by atoms with Crippen LogP contribution >= 0.6 is 11.3 Å². The maximum atomic E-state index is 12.7. The molecular weight excluding hydrogens is 348 g/mol. The van der Waals surface area contributed by atoms with Gasteiger partial charge in [0.2, 0.25) is 5.91 Å². The van der Waals surface area contributed by atoms with Gasteiger partial charge in [0.15, 0.2) is 0 Å². The second-order valence-electron chi connectivity index (χ2n) is 6.23. The molecule has 0 radical (unpaired) electrons. The molecule has 2 heterocycles. The lowest BCUT2D eigenvalue weighted by molar-refractivity contribution is -0.123. The molecule has 1 aliphatic carbocycles. The van der Waals surface area contributed by atoms with E-state index in [1.807, 2.05) is 29.6 Å². The molecule has 0 aliphatic heterocycles. The number of hydrogen-bond acceptors (Lipinski definition) is 6. The summed E-state index contributed by atoms with van der Waals surface area (Å²) in [5.74, 6) is 0.848. The lowest BCUT2D eigenvalue weighted by Gasteiger charge is -2.15. The summed E-state index contributed by atoms with van der Waals surface area (Å²) in [6, 6.07) is 7.74. The number of thiazole rings is 1. The predicted molar refractivity (Wildman–Crippen MR) is 98.9 cm³/mol. The van der Waals surface area contributed by atoms with E-state index in [9.17, 15) is 4.79 Å². The highest BCUT2D eigenvalue weighted by atomic mass is 32.1. The number of rotatable bonds is 6. The molecule has 132 valence electrons. The second kappa shape index (κ2) is 6.84. The highest BCUT2D eigenvalue weighted by Crippen LogP contribution is 2.48. The van der Waals surface area contributed by atoms with Crippen molar-refractivity contribution in [1.29, 1.82) is 0 Å². The summed E-state index contributed by atoms with van der Waals surface area (Å²) in [6.45, 7) is 0.410. The summed E-state index contributed by atoms with van der Waals surface area (Å²) in [6.07, 6.45) is 6.70. The van der Waals surface area contributed by atoms with Crippen molar-refractivity contribution in [2.24, 2.45) is 0 Å².